The van der Waals surface area contributed by atoms with E-state index < -0.39 is 5.91 Å². The molecule has 1 aliphatic rings. The molecular weight excluding hydrogens is 304 g/mol. The van der Waals surface area contributed by atoms with Crippen molar-refractivity contribution < 1.29 is 9.53 Å². The van der Waals surface area contributed by atoms with E-state index in [1.165, 1.54) is 24.8 Å². The summed E-state index contributed by atoms with van der Waals surface area (Å²) in [5.74, 6) is 0.225. The minimum absolute atomic E-state index is 0.0882. The number of likely N-dealkylation sites (tertiary alicyclic amines) is 1. The largest absolute Gasteiger partial charge is 0.484 e. The van der Waals surface area contributed by atoms with Gasteiger partial charge >= 0.3 is 0 Å². The number of hydrogen-bond acceptors (Lipinski definition) is 4. The first-order valence-corrected chi connectivity index (χ1v) is 8.42. The van der Waals surface area contributed by atoms with Crippen LogP contribution in [-0.4, -0.2) is 39.8 Å². The Morgan fingerprint density at radius 1 is 1.33 bits per heavy atom. The van der Waals surface area contributed by atoms with Gasteiger partial charge in [-0.3, -0.25) is 14.4 Å². The molecule has 6 nitrogen and oxygen atoms in total. The lowest BCUT2D eigenvalue weighted by atomic mass is 10.0. The van der Waals surface area contributed by atoms with Gasteiger partial charge in [0.1, 0.15) is 5.75 Å². The summed E-state index contributed by atoms with van der Waals surface area (Å²) in [7, 11) is 0. The highest BCUT2D eigenvalue weighted by Gasteiger charge is 2.23. The fourth-order valence-corrected chi connectivity index (χ4v) is 3.22. The molecule has 1 aromatic heterocycles. The number of carbonyl (C=O) groups excluding carboxylic acids is 1. The van der Waals surface area contributed by atoms with Crippen molar-refractivity contribution in [3.05, 3.63) is 48.3 Å². The Morgan fingerprint density at radius 2 is 2.25 bits per heavy atom. The number of rotatable bonds is 7. The molecule has 0 radical (unpaired) electrons. The zero-order valence-corrected chi connectivity index (χ0v) is 13.8. The van der Waals surface area contributed by atoms with Crippen LogP contribution in [0.25, 0.3) is 0 Å². The highest BCUT2D eigenvalue weighted by molar-refractivity contribution is 5.75. The van der Waals surface area contributed by atoms with Gasteiger partial charge in [0.05, 0.1) is 6.54 Å². The van der Waals surface area contributed by atoms with Gasteiger partial charge in [-0.25, -0.2) is 0 Å². The normalized spacial score (nSPS) is 18.4. The third-order valence-electron chi connectivity index (χ3n) is 4.37. The molecular formula is C18H24N4O2. The van der Waals surface area contributed by atoms with E-state index in [2.05, 4.69) is 16.1 Å². The summed E-state index contributed by atoms with van der Waals surface area (Å²) < 4.78 is 7.41. The van der Waals surface area contributed by atoms with E-state index in [9.17, 15) is 4.79 Å². The molecule has 0 aliphatic carbocycles. The van der Waals surface area contributed by atoms with Gasteiger partial charge < -0.3 is 10.5 Å². The van der Waals surface area contributed by atoms with Crippen LogP contribution in [0.4, 0.5) is 0 Å². The first-order valence-electron chi connectivity index (χ1n) is 8.42. The topological polar surface area (TPSA) is 73.4 Å². The number of aromatic nitrogens is 2. The molecule has 0 saturated carbocycles. The van der Waals surface area contributed by atoms with Crippen LogP contribution < -0.4 is 10.5 Å². The van der Waals surface area contributed by atoms with Gasteiger partial charge in [-0.05, 0) is 43.1 Å². The van der Waals surface area contributed by atoms with Crippen LogP contribution in [0.15, 0.2) is 42.7 Å². The highest BCUT2D eigenvalue weighted by Crippen LogP contribution is 2.22. The number of carbonyl (C=O) groups is 1. The average Bonchev–Trinajstić information content (AvgIpc) is 3.08. The van der Waals surface area contributed by atoms with E-state index in [0.29, 0.717) is 11.8 Å². The third kappa shape index (κ3) is 4.58. The lowest BCUT2D eigenvalue weighted by molar-refractivity contribution is -0.119. The summed E-state index contributed by atoms with van der Waals surface area (Å²) >= 11 is 0. The molecule has 2 N–H and O–H groups in total. The Hall–Kier alpha value is -2.34. The minimum atomic E-state index is -0.462. The maximum absolute atomic E-state index is 10.8. The van der Waals surface area contributed by atoms with Gasteiger partial charge in [-0.1, -0.05) is 18.6 Å². The van der Waals surface area contributed by atoms with Crippen LogP contribution in [0.3, 0.4) is 0 Å². The van der Waals surface area contributed by atoms with E-state index in [0.717, 1.165) is 19.6 Å². The summed E-state index contributed by atoms with van der Waals surface area (Å²) in [5, 5.41) is 4.33. The molecule has 1 unspecified atom stereocenters. The van der Waals surface area contributed by atoms with E-state index in [1.54, 1.807) is 0 Å². The van der Waals surface area contributed by atoms with Gasteiger partial charge in [0.15, 0.2) is 6.61 Å². The predicted octanol–water partition coefficient (Wildman–Crippen LogP) is 1.80. The van der Waals surface area contributed by atoms with Crippen molar-refractivity contribution in [3.63, 3.8) is 0 Å². The molecule has 1 aliphatic heterocycles. The van der Waals surface area contributed by atoms with Crippen LogP contribution in [0.5, 0.6) is 5.75 Å². The second kappa shape index (κ2) is 7.97. The maximum atomic E-state index is 10.8. The van der Waals surface area contributed by atoms with Gasteiger partial charge in [0.25, 0.3) is 5.91 Å². The van der Waals surface area contributed by atoms with Crippen LogP contribution >= 0.6 is 0 Å². The molecule has 0 bridgehead atoms. The fraction of sp³-hybridized carbons (Fsp3) is 0.444. The molecule has 1 saturated heterocycles. The smallest absolute Gasteiger partial charge is 0.255 e. The molecule has 128 valence electrons. The number of piperidine rings is 1. The molecule has 6 heteroatoms. The lowest BCUT2D eigenvalue weighted by Crippen LogP contribution is -2.41. The molecule has 0 spiro atoms. The number of primary amides is 1. The van der Waals surface area contributed by atoms with Crippen molar-refractivity contribution in [1.82, 2.24) is 14.7 Å². The van der Waals surface area contributed by atoms with Crippen LogP contribution in [0.1, 0.15) is 24.8 Å². The number of nitrogens with two attached hydrogens (primary N) is 1. The minimum Gasteiger partial charge on any atom is -0.484 e. The Balaban J connectivity index is 1.64. The molecule has 3 rings (SSSR count). The molecule has 24 heavy (non-hydrogen) atoms. The molecule has 1 aromatic carbocycles. The summed E-state index contributed by atoms with van der Waals surface area (Å²) in [6.07, 6.45) is 7.53. The van der Waals surface area contributed by atoms with Crippen LogP contribution in [-0.2, 0) is 17.9 Å². The number of hydrogen-bond donors (Lipinski definition) is 1. The van der Waals surface area contributed by atoms with Crippen LogP contribution in [0, 0.1) is 0 Å². The second-order valence-electron chi connectivity index (χ2n) is 6.25. The summed E-state index contributed by atoms with van der Waals surface area (Å²) in [6.45, 7) is 2.80. The molecule has 1 fully saturated rings. The van der Waals surface area contributed by atoms with Crippen LogP contribution in [0.2, 0.25) is 0 Å². The molecule has 1 atom stereocenters. The quantitative estimate of drug-likeness (QED) is 0.841. The van der Waals surface area contributed by atoms with E-state index in [1.807, 2.05) is 41.3 Å². The monoisotopic (exact) mass is 328 g/mol. The SMILES string of the molecule is NC(=O)COc1cccc(CN2CCCCC2Cn2cccn2)c1. The van der Waals surface area contributed by atoms with Gasteiger partial charge in [0.2, 0.25) is 0 Å². The van der Waals surface area contributed by atoms with Gasteiger partial charge in [-0.15, -0.1) is 0 Å². The number of ether oxygens (including phenoxy) is 1. The lowest BCUT2D eigenvalue weighted by Gasteiger charge is -2.35. The van der Waals surface area contributed by atoms with Gasteiger partial charge in [0, 0.05) is 25.0 Å². The summed E-state index contributed by atoms with van der Waals surface area (Å²) in [6, 6.07) is 10.3. The molecule has 1 amide bonds. The van der Waals surface area contributed by atoms with Crippen molar-refractivity contribution in [2.75, 3.05) is 13.2 Å². The first kappa shape index (κ1) is 16.5. The van der Waals surface area contributed by atoms with Crippen molar-refractivity contribution in [2.24, 2.45) is 5.73 Å². The second-order valence-corrected chi connectivity index (χ2v) is 6.25. The van der Waals surface area contributed by atoms with E-state index in [4.69, 9.17) is 10.5 Å². The van der Waals surface area contributed by atoms with E-state index >= 15 is 0 Å². The summed E-state index contributed by atoms with van der Waals surface area (Å²) in [5.41, 5.74) is 6.31. The van der Waals surface area contributed by atoms with Crippen molar-refractivity contribution in [3.8, 4) is 5.75 Å². The van der Waals surface area contributed by atoms with Gasteiger partial charge in [-0.2, -0.15) is 5.10 Å². The molecule has 2 heterocycles. The van der Waals surface area contributed by atoms with E-state index in [-0.39, 0.29) is 6.61 Å². The Kier molecular flexibility index (Phi) is 5.48. The third-order valence-corrected chi connectivity index (χ3v) is 4.37. The number of benzene rings is 1. The fourth-order valence-electron chi connectivity index (χ4n) is 3.22. The zero-order chi connectivity index (χ0) is 16.8. The first-order chi connectivity index (χ1) is 11.7. The standard InChI is InChI=1S/C18H24N4O2/c19-18(23)14-24-17-7-3-5-15(11-17)12-21-9-2-1-6-16(21)13-22-10-4-8-20-22/h3-5,7-8,10-11,16H,1-2,6,9,12-14H2,(H2,19,23). The average molecular weight is 328 g/mol. The highest BCUT2D eigenvalue weighted by atomic mass is 16.5. The summed E-state index contributed by atoms with van der Waals surface area (Å²) in [4.78, 5) is 13.4. The Bertz CT molecular complexity index is 657. The predicted molar refractivity (Wildman–Crippen MR) is 91.4 cm³/mol. The zero-order valence-electron chi connectivity index (χ0n) is 13.8. The number of nitrogens with zero attached hydrogens (tertiary/aromatic N) is 3. The molecule has 2 aromatic rings. The maximum Gasteiger partial charge on any atom is 0.255 e. The van der Waals surface area contributed by atoms with Crippen molar-refractivity contribution in [2.45, 2.75) is 38.4 Å². The van der Waals surface area contributed by atoms with Crippen molar-refractivity contribution in [1.29, 1.82) is 0 Å². The Labute approximate surface area is 142 Å². The van der Waals surface area contributed by atoms with Crippen molar-refractivity contribution >= 4 is 5.91 Å². The number of amides is 1. The Morgan fingerprint density at radius 3 is 3.04 bits per heavy atom.